The molecule has 0 radical (unpaired) electrons. The molecule has 1 saturated heterocycles. The quantitative estimate of drug-likeness (QED) is 0.0707. The minimum absolute atomic E-state index is 0.0142. The van der Waals surface area contributed by atoms with Crippen molar-refractivity contribution in [2.45, 2.75) is 63.3 Å². The predicted octanol–water partition coefficient (Wildman–Crippen LogP) is 5.14. The van der Waals surface area contributed by atoms with Gasteiger partial charge in [-0.1, -0.05) is 50.7 Å². The third-order valence-electron chi connectivity index (χ3n) is 9.56. The number of aryl methyl sites for hydroxylation is 1. The molecule has 14 nitrogen and oxygen atoms in total. The minimum Gasteiger partial charge on any atom is -0.490 e. The Balaban J connectivity index is 1.04. The highest BCUT2D eigenvalue weighted by atomic mass is 32.2. The molecule has 3 heterocycles. The summed E-state index contributed by atoms with van der Waals surface area (Å²) >= 11 is 1.47. The maximum Gasteiger partial charge on any atom is 0.319 e. The van der Waals surface area contributed by atoms with Crippen molar-refractivity contribution in [3.8, 4) is 17.6 Å². The SMILES string of the molecule is CCc1cc(C(C)(C)c2ccc(OCc3ccnc(SC)n3)cc2)cc(C#N)c1OCCNC(=O)Nc1ccc2c(c1)C(=O)N(C1CCC(=O)NC1=O)C2=O. The number of urea groups is 1. The first-order valence-corrected chi connectivity index (χ1v) is 18.9. The van der Waals surface area contributed by atoms with Crippen molar-refractivity contribution in [3.05, 3.63) is 106 Å². The number of hydrogen-bond donors (Lipinski definition) is 3. The van der Waals surface area contributed by atoms with E-state index in [0.29, 0.717) is 35.2 Å². The number of carbonyl (C=O) groups excluding carboxylic acids is 5. The van der Waals surface area contributed by atoms with Crippen LogP contribution in [0.25, 0.3) is 0 Å². The summed E-state index contributed by atoms with van der Waals surface area (Å²) in [6.07, 6.45) is 4.30. The summed E-state index contributed by atoms with van der Waals surface area (Å²) < 4.78 is 12.0. The molecule has 1 aromatic heterocycles. The molecule has 6 amide bonds. The zero-order chi connectivity index (χ0) is 39.3. The van der Waals surface area contributed by atoms with E-state index in [1.807, 2.05) is 55.6 Å². The number of ether oxygens (including phenoxy) is 2. The van der Waals surface area contributed by atoms with E-state index in [1.54, 1.807) is 6.20 Å². The van der Waals surface area contributed by atoms with E-state index in [2.05, 4.69) is 45.8 Å². The summed E-state index contributed by atoms with van der Waals surface area (Å²) in [4.78, 5) is 72.2. The number of rotatable bonds is 13. The maximum absolute atomic E-state index is 13.1. The third kappa shape index (κ3) is 8.29. The van der Waals surface area contributed by atoms with Gasteiger partial charge in [-0.25, -0.2) is 14.8 Å². The number of nitrogens with one attached hydrogen (secondary N) is 3. The van der Waals surface area contributed by atoms with E-state index >= 15 is 0 Å². The van der Waals surface area contributed by atoms with Gasteiger partial charge in [-0.15, -0.1) is 0 Å². The van der Waals surface area contributed by atoms with Crippen LogP contribution < -0.4 is 25.4 Å². The molecule has 1 atom stereocenters. The molecular formula is C40H39N7O7S. The zero-order valence-corrected chi connectivity index (χ0v) is 31.5. The molecule has 0 spiro atoms. The highest BCUT2D eigenvalue weighted by Crippen LogP contribution is 2.37. The van der Waals surface area contributed by atoms with Gasteiger partial charge >= 0.3 is 6.03 Å². The van der Waals surface area contributed by atoms with Gasteiger partial charge in [-0.05, 0) is 78.3 Å². The van der Waals surface area contributed by atoms with Crippen LogP contribution in [0.5, 0.6) is 11.5 Å². The lowest BCUT2D eigenvalue weighted by atomic mass is 9.77. The molecule has 0 saturated carbocycles. The number of nitriles is 1. The third-order valence-corrected chi connectivity index (χ3v) is 10.1. The highest BCUT2D eigenvalue weighted by molar-refractivity contribution is 7.98. The number of fused-ring (bicyclic) bond motifs is 1. The van der Waals surface area contributed by atoms with Crippen LogP contribution in [0.15, 0.2) is 72.0 Å². The Morgan fingerprint density at radius 1 is 1.02 bits per heavy atom. The Bertz CT molecular complexity index is 2220. The molecule has 4 aromatic rings. The van der Waals surface area contributed by atoms with Crippen LogP contribution in [0.2, 0.25) is 0 Å². The fourth-order valence-corrected chi connectivity index (χ4v) is 6.83. The molecule has 282 valence electrons. The van der Waals surface area contributed by atoms with Crippen LogP contribution in [0.1, 0.15) is 82.3 Å². The van der Waals surface area contributed by atoms with E-state index in [-0.39, 0.29) is 42.8 Å². The van der Waals surface area contributed by atoms with Gasteiger partial charge in [0.05, 0.1) is 28.9 Å². The van der Waals surface area contributed by atoms with Crippen molar-refractivity contribution < 1.29 is 33.4 Å². The monoisotopic (exact) mass is 761 g/mol. The standard InChI is InChI=1S/C40H39N7O7S/c1-5-23-18-26(40(2,3)25-6-9-29(10-7-25)54-22-28-14-15-43-39(45-28)55-4)19-24(21-41)34(23)53-17-16-42-38(52)44-27-8-11-30-31(20-27)37(51)47(36(30)50)32-12-13-33(48)46-35(32)49/h6-11,14-15,18-20,32H,5,12-13,16-17,22H2,1-4H3,(H2,42,44,52)(H,46,48,49). The van der Waals surface area contributed by atoms with Crippen molar-refractivity contribution in [2.75, 3.05) is 24.7 Å². The average Bonchev–Trinajstić information content (AvgIpc) is 3.43. The molecule has 2 aliphatic heterocycles. The first kappa shape index (κ1) is 38.5. The van der Waals surface area contributed by atoms with Gasteiger partial charge in [-0.2, -0.15) is 5.26 Å². The van der Waals surface area contributed by atoms with Gasteiger partial charge in [0, 0.05) is 23.7 Å². The number of thioether (sulfide) groups is 1. The lowest BCUT2D eigenvalue weighted by molar-refractivity contribution is -0.136. The second kappa shape index (κ2) is 16.4. The Kier molecular flexibility index (Phi) is 11.5. The van der Waals surface area contributed by atoms with Crippen molar-refractivity contribution in [2.24, 2.45) is 0 Å². The first-order valence-electron chi connectivity index (χ1n) is 17.6. The summed E-state index contributed by atoms with van der Waals surface area (Å²) in [5.74, 6) is -1.31. The van der Waals surface area contributed by atoms with Gasteiger partial charge in [0.1, 0.15) is 36.8 Å². The van der Waals surface area contributed by atoms with E-state index < -0.39 is 41.1 Å². The maximum atomic E-state index is 13.1. The summed E-state index contributed by atoms with van der Waals surface area (Å²) in [5.41, 5.74) is 3.95. The number of benzene rings is 3. The molecule has 3 N–H and O–H groups in total. The number of imide groups is 2. The molecule has 6 rings (SSSR count). The predicted molar refractivity (Wildman–Crippen MR) is 203 cm³/mol. The Hall–Kier alpha value is -6.27. The summed E-state index contributed by atoms with van der Waals surface area (Å²) in [6.45, 7) is 6.66. The Morgan fingerprint density at radius 2 is 1.78 bits per heavy atom. The molecular weight excluding hydrogens is 723 g/mol. The molecule has 1 unspecified atom stereocenters. The fourth-order valence-electron chi connectivity index (χ4n) is 6.45. The molecule has 3 aromatic carbocycles. The second-order valence-electron chi connectivity index (χ2n) is 13.4. The molecule has 55 heavy (non-hydrogen) atoms. The molecule has 1 fully saturated rings. The fraction of sp³-hybridized carbons (Fsp3) is 0.300. The lowest BCUT2D eigenvalue weighted by Gasteiger charge is -2.28. The Morgan fingerprint density at radius 3 is 2.49 bits per heavy atom. The largest absolute Gasteiger partial charge is 0.490 e. The topological polar surface area (TPSA) is 193 Å². The Labute approximate surface area is 322 Å². The van der Waals surface area contributed by atoms with Crippen LogP contribution in [0.3, 0.4) is 0 Å². The van der Waals surface area contributed by atoms with Crippen LogP contribution >= 0.6 is 11.8 Å². The molecule has 15 heteroatoms. The minimum atomic E-state index is -1.09. The number of nitrogens with zero attached hydrogens (tertiary/aromatic N) is 4. The van der Waals surface area contributed by atoms with E-state index in [0.717, 1.165) is 27.3 Å². The number of piperidine rings is 1. The van der Waals surface area contributed by atoms with Gasteiger partial charge in [0.15, 0.2) is 5.16 Å². The van der Waals surface area contributed by atoms with Gasteiger partial charge in [0.25, 0.3) is 11.8 Å². The van der Waals surface area contributed by atoms with Crippen molar-refractivity contribution in [3.63, 3.8) is 0 Å². The molecule has 0 bridgehead atoms. The number of hydrogen-bond acceptors (Lipinski definition) is 11. The van der Waals surface area contributed by atoms with E-state index in [1.165, 1.54) is 30.0 Å². The summed E-state index contributed by atoms with van der Waals surface area (Å²) in [7, 11) is 0. The number of anilines is 1. The van der Waals surface area contributed by atoms with Crippen molar-refractivity contribution >= 4 is 47.1 Å². The van der Waals surface area contributed by atoms with E-state index in [4.69, 9.17) is 9.47 Å². The van der Waals surface area contributed by atoms with Crippen LogP contribution in [-0.2, 0) is 28.0 Å². The number of amides is 6. The van der Waals surface area contributed by atoms with Crippen LogP contribution in [0.4, 0.5) is 10.5 Å². The molecule has 2 aliphatic rings. The molecule has 0 aliphatic carbocycles. The summed E-state index contributed by atoms with van der Waals surface area (Å²) in [6, 6.07) is 18.4. The van der Waals surface area contributed by atoms with E-state index in [9.17, 15) is 29.2 Å². The second-order valence-corrected chi connectivity index (χ2v) is 14.2. The van der Waals surface area contributed by atoms with Gasteiger partial charge in [0.2, 0.25) is 11.8 Å². The van der Waals surface area contributed by atoms with Crippen LogP contribution in [0, 0.1) is 11.3 Å². The van der Waals surface area contributed by atoms with Crippen molar-refractivity contribution in [1.29, 1.82) is 5.26 Å². The number of aromatic nitrogens is 2. The average molecular weight is 762 g/mol. The zero-order valence-electron chi connectivity index (χ0n) is 30.7. The number of carbonyl (C=O) groups is 5. The highest BCUT2D eigenvalue weighted by Gasteiger charge is 2.44. The smallest absolute Gasteiger partial charge is 0.319 e. The summed E-state index contributed by atoms with van der Waals surface area (Å²) in [5, 5.41) is 18.3. The van der Waals surface area contributed by atoms with Gasteiger partial charge < -0.3 is 20.1 Å². The van der Waals surface area contributed by atoms with Gasteiger partial charge in [-0.3, -0.25) is 29.4 Å². The first-order chi connectivity index (χ1) is 26.4. The van der Waals surface area contributed by atoms with Crippen molar-refractivity contribution in [1.82, 2.24) is 25.5 Å². The van der Waals surface area contributed by atoms with Crippen LogP contribution in [-0.4, -0.2) is 70.0 Å². The lowest BCUT2D eigenvalue weighted by Crippen LogP contribution is -2.54. The normalized spacial score (nSPS) is 15.3.